The van der Waals surface area contributed by atoms with Crippen molar-refractivity contribution in [2.75, 3.05) is 17.3 Å². The fourth-order valence-corrected chi connectivity index (χ4v) is 2.87. The fourth-order valence-electron chi connectivity index (χ4n) is 2.87. The van der Waals surface area contributed by atoms with Crippen LogP contribution in [0.5, 0.6) is 0 Å². The Morgan fingerprint density at radius 3 is 2.36 bits per heavy atom. The Hall–Kier alpha value is -3.54. The number of hydrogen-bond donors (Lipinski definition) is 1. The summed E-state index contributed by atoms with van der Waals surface area (Å²) in [5, 5.41) is 3.10. The Morgan fingerprint density at radius 1 is 1.04 bits per heavy atom. The maximum absolute atomic E-state index is 13.9. The molecule has 2 aromatic carbocycles. The lowest BCUT2D eigenvalue weighted by Crippen LogP contribution is -2.26. The number of aromatic nitrogens is 1. The van der Waals surface area contributed by atoms with Gasteiger partial charge in [0, 0.05) is 42.9 Å². The monoisotopic (exact) mass is 377 g/mol. The Kier molecular flexibility index (Phi) is 5.79. The minimum atomic E-state index is -0.538. The number of halogens is 1. The molecule has 142 valence electrons. The molecule has 0 saturated heterocycles. The molecule has 1 heterocycles. The van der Waals surface area contributed by atoms with Crippen molar-refractivity contribution in [1.82, 2.24) is 4.98 Å². The number of anilines is 2. The summed E-state index contributed by atoms with van der Waals surface area (Å²) in [6.07, 6.45) is 3.16. The van der Waals surface area contributed by atoms with Gasteiger partial charge in [0.15, 0.2) is 5.78 Å². The standard InChI is InChI=1S/C22H20FN3O2/c1-15(27)21-19(23)4-3-5-20(21)25-14-16-6-8-18(9-7-16)26(2)22(28)17-10-12-24-13-11-17/h3-13,25H,14H2,1-2H3. The summed E-state index contributed by atoms with van der Waals surface area (Å²) in [5.41, 5.74) is 2.77. The summed E-state index contributed by atoms with van der Waals surface area (Å²) in [5.74, 6) is -0.990. The zero-order chi connectivity index (χ0) is 20.1. The molecule has 0 fully saturated rings. The predicted molar refractivity (Wildman–Crippen MR) is 107 cm³/mol. The first-order valence-corrected chi connectivity index (χ1v) is 8.77. The van der Waals surface area contributed by atoms with Crippen LogP contribution < -0.4 is 10.2 Å². The Balaban J connectivity index is 1.69. The quantitative estimate of drug-likeness (QED) is 0.650. The first-order valence-electron chi connectivity index (χ1n) is 8.77. The van der Waals surface area contributed by atoms with Crippen LogP contribution in [-0.4, -0.2) is 23.7 Å². The zero-order valence-corrected chi connectivity index (χ0v) is 15.6. The van der Waals surface area contributed by atoms with E-state index in [1.165, 1.54) is 13.0 Å². The van der Waals surface area contributed by atoms with Gasteiger partial charge in [-0.2, -0.15) is 0 Å². The third kappa shape index (κ3) is 4.23. The third-order valence-electron chi connectivity index (χ3n) is 4.40. The average Bonchev–Trinajstić information content (AvgIpc) is 2.72. The second-order valence-electron chi connectivity index (χ2n) is 6.34. The molecule has 0 spiro atoms. The summed E-state index contributed by atoms with van der Waals surface area (Å²) in [6.45, 7) is 1.76. The van der Waals surface area contributed by atoms with E-state index in [0.717, 1.165) is 11.3 Å². The van der Waals surface area contributed by atoms with Gasteiger partial charge >= 0.3 is 0 Å². The Bertz CT molecular complexity index is 988. The normalized spacial score (nSPS) is 10.4. The molecule has 1 N–H and O–H groups in total. The highest BCUT2D eigenvalue weighted by Gasteiger charge is 2.14. The number of hydrogen-bond acceptors (Lipinski definition) is 4. The van der Waals surface area contributed by atoms with Crippen LogP contribution in [0, 0.1) is 5.82 Å². The van der Waals surface area contributed by atoms with Gasteiger partial charge in [0.25, 0.3) is 5.91 Å². The second-order valence-corrected chi connectivity index (χ2v) is 6.34. The largest absolute Gasteiger partial charge is 0.380 e. The van der Waals surface area contributed by atoms with Crippen molar-refractivity contribution >= 4 is 23.1 Å². The average molecular weight is 377 g/mol. The lowest BCUT2D eigenvalue weighted by Gasteiger charge is -2.18. The van der Waals surface area contributed by atoms with E-state index < -0.39 is 5.82 Å². The lowest BCUT2D eigenvalue weighted by atomic mass is 10.1. The van der Waals surface area contributed by atoms with Gasteiger partial charge in [-0.15, -0.1) is 0 Å². The van der Waals surface area contributed by atoms with Gasteiger partial charge in [0.1, 0.15) is 5.82 Å². The van der Waals surface area contributed by atoms with Crippen molar-refractivity contribution in [3.8, 4) is 0 Å². The van der Waals surface area contributed by atoms with Crippen molar-refractivity contribution in [3.63, 3.8) is 0 Å². The predicted octanol–water partition coefficient (Wildman–Crippen LogP) is 4.31. The number of pyridine rings is 1. The van der Waals surface area contributed by atoms with Crippen molar-refractivity contribution in [3.05, 3.63) is 89.5 Å². The summed E-state index contributed by atoms with van der Waals surface area (Å²) in [7, 11) is 1.71. The number of nitrogens with one attached hydrogen (secondary N) is 1. The number of carbonyl (C=O) groups excluding carboxylic acids is 2. The number of ketones is 1. The molecule has 1 amide bonds. The number of nitrogens with zero attached hydrogens (tertiary/aromatic N) is 2. The highest BCUT2D eigenvalue weighted by atomic mass is 19.1. The van der Waals surface area contributed by atoms with E-state index in [-0.39, 0.29) is 17.3 Å². The minimum absolute atomic E-state index is 0.0572. The molecule has 1 aromatic heterocycles. The highest BCUT2D eigenvalue weighted by molar-refractivity contribution is 6.05. The molecule has 0 aliphatic heterocycles. The van der Waals surface area contributed by atoms with Crippen LogP contribution in [0.2, 0.25) is 0 Å². The van der Waals surface area contributed by atoms with Crippen LogP contribution >= 0.6 is 0 Å². The van der Waals surface area contributed by atoms with Gasteiger partial charge in [-0.3, -0.25) is 14.6 Å². The van der Waals surface area contributed by atoms with Crippen LogP contribution in [-0.2, 0) is 6.54 Å². The Morgan fingerprint density at radius 2 is 1.71 bits per heavy atom. The molecule has 0 bridgehead atoms. The molecule has 3 rings (SSSR count). The summed E-state index contributed by atoms with van der Waals surface area (Å²) < 4.78 is 13.9. The van der Waals surface area contributed by atoms with Gasteiger partial charge in [0.2, 0.25) is 0 Å². The lowest BCUT2D eigenvalue weighted by molar-refractivity contribution is 0.0989. The van der Waals surface area contributed by atoms with Crippen LogP contribution in [0.25, 0.3) is 0 Å². The zero-order valence-electron chi connectivity index (χ0n) is 15.6. The van der Waals surface area contributed by atoms with Crippen molar-refractivity contribution in [2.24, 2.45) is 0 Å². The Labute approximate surface area is 162 Å². The van der Waals surface area contributed by atoms with Gasteiger partial charge in [-0.1, -0.05) is 18.2 Å². The summed E-state index contributed by atoms with van der Waals surface area (Å²) in [4.78, 5) is 29.6. The third-order valence-corrected chi connectivity index (χ3v) is 4.40. The number of Topliss-reactive ketones (excluding diaryl/α,β-unsaturated/α-hetero) is 1. The van der Waals surface area contributed by atoms with Crippen LogP contribution in [0.3, 0.4) is 0 Å². The summed E-state index contributed by atoms with van der Waals surface area (Å²) >= 11 is 0. The molecular formula is C22H20FN3O2. The van der Waals surface area contributed by atoms with E-state index in [4.69, 9.17) is 0 Å². The topological polar surface area (TPSA) is 62.3 Å². The molecule has 6 heteroatoms. The van der Waals surface area contributed by atoms with Crippen LogP contribution in [0.15, 0.2) is 67.0 Å². The maximum Gasteiger partial charge on any atom is 0.258 e. The van der Waals surface area contributed by atoms with E-state index in [1.807, 2.05) is 24.3 Å². The van der Waals surface area contributed by atoms with E-state index >= 15 is 0 Å². The number of rotatable bonds is 6. The molecule has 0 unspecified atom stereocenters. The van der Waals surface area contributed by atoms with Crippen molar-refractivity contribution < 1.29 is 14.0 Å². The number of benzene rings is 2. The number of amides is 1. The van der Waals surface area contributed by atoms with Gasteiger partial charge < -0.3 is 10.2 Å². The second kappa shape index (κ2) is 8.43. The molecule has 0 atom stereocenters. The van der Waals surface area contributed by atoms with Crippen LogP contribution in [0.4, 0.5) is 15.8 Å². The van der Waals surface area contributed by atoms with E-state index in [2.05, 4.69) is 10.3 Å². The van der Waals surface area contributed by atoms with E-state index in [1.54, 1.807) is 48.6 Å². The minimum Gasteiger partial charge on any atom is -0.380 e. The van der Waals surface area contributed by atoms with Gasteiger partial charge in [0.05, 0.1) is 5.56 Å². The molecule has 0 saturated carbocycles. The van der Waals surface area contributed by atoms with E-state index in [0.29, 0.717) is 17.8 Å². The molecule has 28 heavy (non-hydrogen) atoms. The molecule has 0 radical (unpaired) electrons. The summed E-state index contributed by atoms with van der Waals surface area (Å²) in [6, 6.07) is 15.3. The van der Waals surface area contributed by atoms with Gasteiger partial charge in [-0.05, 0) is 48.9 Å². The molecule has 0 aliphatic rings. The van der Waals surface area contributed by atoms with Crippen LogP contribution in [0.1, 0.15) is 33.2 Å². The molecular weight excluding hydrogens is 357 g/mol. The van der Waals surface area contributed by atoms with Crippen molar-refractivity contribution in [1.29, 1.82) is 0 Å². The van der Waals surface area contributed by atoms with E-state index in [9.17, 15) is 14.0 Å². The SMILES string of the molecule is CC(=O)c1c(F)cccc1NCc1ccc(N(C)C(=O)c2ccncc2)cc1. The first-order chi connectivity index (χ1) is 13.5. The molecule has 0 aliphatic carbocycles. The smallest absolute Gasteiger partial charge is 0.258 e. The highest BCUT2D eigenvalue weighted by Crippen LogP contribution is 2.21. The van der Waals surface area contributed by atoms with Gasteiger partial charge in [-0.25, -0.2) is 4.39 Å². The molecule has 3 aromatic rings. The molecule has 5 nitrogen and oxygen atoms in total. The maximum atomic E-state index is 13.9. The van der Waals surface area contributed by atoms with Crippen molar-refractivity contribution in [2.45, 2.75) is 13.5 Å². The fraction of sp³-hybridized carbons (Fsp3) is 0.136. The first kappa shape index (κ1) is 19.2. The number of carbonyl (C=O) groups is 2.